The van der Waals surface area contributed by atoms with Crippen LogP contribution in [-0.2, 0) is 0 Å². The van der Waals surface area contributed by atoms with E-state index < -0.39 is 28.8 Å². The fourth-order valence-corrected chi connectivity index (χ4v) is 1.99. The van der Waals surface area contributed by atoms with E-state index in [1.54, 1.807) is 0 Å². The molecule has 94 valence electrons. The maximum absolute atomic E-state index is 13.5. The largest absolute Gasteiger partial charge is 0.204 e. The second-order valence-electron chi connectivity index (χ2n) is 3.47. The van der Waals surface area contributed by atoms with E-state index in [0.717, 1.165) is 0 Å². The molecule has 0 aliphatic heterocycles. The van der Waals surface area contributed by atoms with Gasteiger partial charge in [-0.3, -0.25) is 0 Å². The average molecular weight is 295 g/mol. The van der Waals surface area contributed by atoms with E-state index in [1.165, 1.54) is 18.2 Å². The van der Waals surface area contributed by atoms with Crippen molar-refractivity contribution in [3.63, 3.8) is 0 Å². The maximum atomic E-state index is 13.5. The van der Waals surface area contributed by atoms with Gasteiger partial charge in [0.25, 0.3) is 0 Å². The first-order valence-electron chi connectivity index (χ1n) is 4.70. The highest BCUT2D eigenvalue weighted by atomic mass is 35.5. The van der Waals surface area contributed by atoms with E-state index in [1.807, 2.05) is 0 Å². The molecule has 18 heavy (non-hydrogen) atoms. The molecule has 0 saturated heterocycles. The topological polar surface area (TPSA) is 0 Å². The highest BCUT2D eigenvalue weighted by Crippen LogP contribution is 2.34. The van der Waals surface area contributed by atoms with Crippen molar-refractivity contribution >= 4 is 23.2 Å². The molecule has 0 saturated carbocycles. The molecule has 0 N–H and O–H groups in total. The molecule has 2 rings (SSSR count). The van der Waals surface area contributed by atoms with Crippen LogP contribution in [0.3, 0.4) is 0 Å². The van der Waals surface area contributed by atoms with Crippen molar-refractivity contribution in [1.29, 1.82) is 0 Å². The standard InChI is InChI=1S/C12H4Cl2F4/c13-5-1-2-6(8(14)3-5)7-4-9(15)11(17)12(18)10(7)16/h1-4H. The van der Waals surface area contributed by atoms with Crippen molar-refractivity contribution in [2.24, 2.45) is 0 Å². The van der Waals surface area contributed by atoms with E-state index in [-0.39, 0.29) is 15.6 Å². The van der Waals surface area contributed by atoms with Crippen molar-refractivity contribution in [2.45, 2.75) is 0 Å². The monoisotopic (exact) mass is 294 g/mol. The van der Waals surface area contributed by atoms with Gasteiger partial charge in [0.05, 0.1) is 0 Å². The lowest BCUT2D eigenvalue weighted by atomic mass is 10.0. The molecular formula is C12H4Cl2F4. The lowest BCUT2D eigenvalue weighted by molar-refractivity contribution is 0.411. The molecule has 0 aromatic heterocycles. The van der Waals surface area contributed by atoms with Crippen molar-refractivity contribution in [2.75, 3.05) is 0 Å². The minimum Gasteiger partial charge on any atom is -0.204 e. The van der Waals surface area contributed by atoms with Gasteiger partial charge in [0.15, 0.2) is 23.3 Å². The smallest absolute Gasteiger partial charge is 0.198 e. The van der Waals surface area contributed by atoms with Crippen LogP contribution in [0.25, 0.3) is 11.1 Å². The average Bonchev–Trinajstić information content (AvgIpc) is 2.32. The summed E-state index contributed by atoms with van der Waals surface area (Å²) >= 11 is 11.4. The number of benzene rings is 2. The van der Waals surface area contributed by atoms with E-state index >= 15 is 0 Å². The van der Waals surface area contributed by atoms with Crippen LogP contribution >= 0.6 is 23.2 Å². The predicted octanol–water partition coefficient (Wildman–Crippen LogP) is 5.22. The predicted molar refractivity (Wildman–Crippen MR) is 61.7 cm³/mol. The van der Waals surface area contributed by atoms with Crippen LogP contribution < -0.4 is 0 Å². The van der Waals surface area contributed by atoms with E-state index in [2.05, 4.69) is 0 Å². The summed E-state index contributed by atoms with van der Waals surface area (Å²) in [6, 6.07) is 4.50. The first-order valence-corrected chi connectivity index (χ1v) is 5.46. The second kappa shape index (κ2) is 4.78. The fraction of sp³-hybridized carbons (Fsp3) is 0. The van der Waals surface area contributed by atoms with Gasteiger partial charge in [0.2, 0.25) is 0 Å². The summed E-state index contributed by atoms with van der Waals surface area (Å²) in [5.41, 5.74) is -0.440. The zero-order chi connectivity index (χ0) is 13.4. The van der Waals surface area contributed by atoms with Crippen LogP contribution in [0, 0.1) is 23.3 Å². The van der Waals surface area contributed by atoms with Gasteiger partial charge in [-0.05, 0) is 18.2 Å². The molecule has 0 amide bonds. The molecule has 0 aliphatic carbocycles. The molecule has 0 atom stereocenters. The van der Waals surface area contributed by atoms with Gasteiger partial charge in [0, 0.05) is 21.2 Å². The zero-order valence-corrected chi connectivity index (χ0v) is 10.1. The van der Waals surface area contributed by atoms with Crippen molar-refractivity contribution in [1.82, 2.24) is 0 Å². The highest BCUT2D eigenvalue weighted by Gasteiger charge is 2.20. The fourth-order valence-electron chi connectivity index (χ4n) is 1.48. The van der Waals surface area contributed by atoms with Crippen LogP contribution in [0.5, 0.6) is 0 Å². The SMILES string of the molecule is Fc1cc(-c2ccc(Cl)cc2Cl)c(F)c(F)c1F. The third-order valence-corrected chi connectivity index (χ3v) is 2.87. The Bertz CT molecular complexity index is 626. The Morgan fingerprint density at radius 3 is 2.00 bits per heavy atom. The summed E-state index contributed by atoms with van der Waals surface area (Å²) in [6.45, 7) is 0. The third kappa shape index (κ3) is 2.18. The molecule has 2 aromatic rings. The van der Waals surface area contributed by atoms with E-state index in [9.17, 15) is 17.6 Å². The Balaban J connectivity index is 2.72. The number of rotatable bonds is 1. The molecule has 0 bridgehead atoms. The number of hydrogen-bond donors (Lipinski definition) is 0. The van der Waals surface area contributed by atoms with Crippen molar-refractivity contribution in [3.8, 4) is 11.1 Å². The molecule has 6 heteroatoms. The molecule has 0 radical (unpaired) electrons. The van der Waals surface area contributed by atoms with Gasteiger partial charge < -0.3 is 0 Å². The van der Waals surface area contributed by atoms with Gasteiger partial charge in [-0.2, -0.15) is 0 Å². The molecule has 2 aromatic carbocycles. The van der Waals surface area contributed by atoms with Crippen molar-refractivity contribution in [3.05, 3.63) is 57.6 Å². The summed E-state index contributed by atoms with van der Waals surface area (Å²) in [5, 5.41) is 0.291. The Morgan fingerprint density at radius 1 is 0.722 bits per heavy atom. The summed E-state index contributed by atoms with van der Waals surface area (Å²) in [4.78, 5) is 0. The van der Waals surface area contributed by atoms with Gasteiger partial charge in [0.1, 0.15) is 0 Å². The summed E-state index contributed by atoms with van der Waals surface area (Å²) in [6.07, 6.45) is 0. The highest BCUT2D eigenvalue weighted by molar-refractivity contribution is 6.36. The van der Waals surface area contributed by atoms with Crippen LogP contribution in [0.4, 0.5) is 17.6 Å². The minimum atomic E-state index is -1.88. The molecule has 0 unspecified atom stereocenters. The molecular weight excluding hydrogens is 291 g/mol. The Morgan fingerprint density at radius 2 is 1.39 bits per heavy atom. The van der Waals surface area contributed by atoms with Crippen LogP contribution in [0.2, 0.25) is 10.0 Å². The molecule has 0 heterocycles. The van der Waals surface area contributed by atoms with Gasteiger partial charge in [-0.1, -0.05) is 29.3 Å². The molecule has 0 aliphatic rings. The quantitative estimate of drug-likeness (QED) is 0.384. The summed E-state index contributed by atoms with van der Waals surface area (Å²) < 4.78 is 52.5. The molecule has 0 nitrogen and oxygen atoms in total. The van der Waals surface area contributed by atoms with Gasteiger partial charge in [-0.25, -0.2) is 17.6 Å². The third-order valence-electron chi connectivity index (χ3n) is 2.32. The first-order chi connectivity index (χ1) is 8.41. The van der Waals surface area contributed by atoms with Crippen molar-refractivity contribution < 1.29 is 17.6 Å². The van der Waals surface area contributed by atoms with Gasteiger partial charge >= 0.3 is 0 Å². The van der Waals surface area contributed by atoms with Crippen LogP contribution in [-0.4, -0.2) is 0 Å². The minimum absolute atomic E-state index is 0.00630. The summed E-state index contributed by atoms with van der Waals surface area (Å²) in [7, 11) is 0. The van der Waals surface area contributed by atoms with E-state index in [0.29, 0.717) is 6.07 Å². The lowest BCUT2D eigenvalue weighted by Gasteiger charge is -2.08. The molecule has 0 spiro atoms. The maximum Gasteiger partial charge on any atom is 0.198 e. The number of halogens is 6. The van der Waals surface area contributed by atoms with Gasteiger partial charge in [-0.15, -0.1) is 0 Å². The molecule has 0 fully saturated rings. The number of hydrogen-bond acceptors (Lipinski definition) is 0. The second-order valence-corrected chi connectivity index (χ2v) is 4.32. The Kier molecular flexibility index (Phi) is 3.50. The summed E-state index contributed by atoms with van der Waals surface area (Å²) in [5.74, 6) is -6.73. The Labute approximate surface area is 110 Å². The normalized spacial score (nSPS) is 10.8. The van der Waals surface area contributed by atoms with Crippen LogP contribution in [0.1, 0.15) is 0 Å². The first kappa shape index (κ1) is 13.2. The zero-order valence-electron chi connectivity index (χ0n) is 8.58. The van der Waals surface area contributed by atoms with Crippen LogP contribution in [0.15, 0.2) is 24.3 Å². The lowest BCUT2D eigenvalue weighted by Crippen LogP contribution is -1.98. The van der Waals surface area contributed by atoms with E-state index in [4.69, 9.17) is 23.2 Å². The Hall–Kier alpha value is -1.26.